The average Bonchev–Trinajstić information content (AvgIpc) is 3.14. The minimum absolute atomic E-state index is 0.0456. The van der Waals surface area contributed by atoms with Crippen LogP contribution in [0.5, 0.6) is 0 Å². The van der Waals surface area contributed by atoms with Crippen LogP contribution in [0.2, 0.25) is 0 Å². The first-order valence-corrected chi connectivity index (χ1v) is 9.55. The second kappa shape index (κ2) is 7.28. The first-order chi connectivity index (χ1) is 13.5. The maximum absolute atomic E-state index is 12.5. The number of carbonyl (C=O) groups is 1. The standard InChI is InChI=1S/C22H26N4O2/c1-15-17-10-12-26-13-11-23-22(26)20(17)25(4)19(16-8-6-5-7-9-16)21(15)28-18(27)14-24(2)3/h5-13,15,19,21H,14H2,1-4H3. The molecule has 0 aliphatic carbocycles. The number of imidazole rings is 1. The van der Waals surface area contributed by atoms with Crippen molar-refractivity contribution in [2.45, 2.75) is 25.0 Å². The number of likely N-dealkylation sites (N-methyl/N-ethyl adjacent to an activating group) is 2. The zero-order chi connectivity index (χ0) is 19.8. The second-order valence-electron chi connectivity index (χ2n) is 7.73. The van der Waals surface area contributed by atoms with Crippen LogP contribution in [0, 0.1) is 0 Å². The fourth-order valence-electron chi connectivity index (χ4n) is 4.20. The third kappa shape index (κ3) is 3.14. The minimum Gasteiger partial charge on any atom is -0.458 e. The molecule has 0 saturated heterocycles. The number of anilines is 1. The van der Waals surface area contributed by atoms with Crippen molar-refractivity contribution in [3.63, 3.8) is 0 Å². The summed E-state index contributed by atoms with van der Waals surface area (Å²) < 4.78 is 8.08. The number of benzene rings is 1. The fourth-order valence-corrected chi connectivity index (χ4v) is 4.20. The number of hydrogen-bond acceptors (Lipinski definition) is 5. The van der Waals surface area contributed by atoms with Gasteiger partial charge in [-0.25, -0.2) is 4.98 Å². The maximum Gasteiger partial charge on any atom is 0.320 e. The number of aromatic nitrogens is 2. The highest BCUT2D eigenvalue weighted by molar-refractivity contribution is 5.77. The van der Waals surface area contributed by atoms with E-state index in [-0.39, 0.29) is 30.6 Å². The predicted octanol–water partition coefficient (Wildman–Crippen LogP) is 3.10. The summed E-state index contributed by atoms with van der Waals surface area (Å²) in [6, 6.07) is 12.3. The molecule has 3 aromatic rings. The topological polar surface area (TPSA) is 50.1 Å². The molecule has 1 aliphatic rings. The number of hydrogen-bond donors (Lipinski definition) is 0. The molecule has 0 spiro atoms. The quantitative estimate of drug-likeness (QED) is 0.653. The van der Waals surface area contributed by atoms with Gasteiger partial charge < -0.3 is 14.0 Å². The van der Waals surface area contributed by atoms with Crippen LogP contribution >= 0.6 is 0 Å². The minimum atomic E-state index is -0.287. The molecule has 0 saturated carbocycles. The number of fused-ring (bicyclic) bond motifs is 3. The number of carbonyl (C=O) groups excluding carboxylic acids is 1. The molecule has 6 heteroatoms. The van der Waals surface area contributed by atoms with E-state index < -0.39 is 0 Å². The lowest BCUT2D eigenvalue weighted by atomic mass is 9.82. The van der Waals surface area contributed by atoms with Gasteiger partial charge in [-0.3, -0.25) is 9.69 Å². The van der Waals surface area contributed by atoms with E-state index in [0.717, 1.165) is 22.5 Å². The lowest BCUT2D eigenvalue weighted by Gasteiger charge is -2.44. The van der Waals surface area contributed by atoms with Crippen molar-refractivity contribution < 1.29 is 9.53 Å². The van der Waals surface area contributed by atoms with E-state index in [1.54, 1.807) is 0 Å². The van der Waals surface area contributed by atoms with Crippen molar-refractivity contribution in [1.29, 1.82) is 0 Å². The van der Waals surface area contributed by atoms with E-state index in [9.17, 15) is 4.79 Å². The number of nitrogens with zero attached hydrogens (tertiary/aromatic N) is 4. The van der Waals surface area contributed by atoms with Gasteiger partial charge in [0, 0.05) is 31.6 Å². The van der Waals surface area contributed by atoms with Crippen molar-refractivity contribution >= 4 is 17.3 Å². The average molecular weight is 378 g/mol. The summed E-state index contributed by atoms with van der Waals surface area (Å²) in [5.41, 5.74) is 4.29. The van der Waals surface area contributed by atoms with Crippen molar-refractivity contribution in [3.8, 4) is 0 Å². The Bertz CT molecular complexity index is 983. The van der Waals surface area contributed by atoms with Crippen molar-refractivity contribution in [1.82, 2.24) is 14.3 Å². The van der Waals surface area contributed by atoms with Crippen LogP contribution in [-0.2, 0) is 9.53 Å². The lowest BCUT2D eigenvalue weighted by Crippen LogP contribution is -2.45. The molecule has 146 valence electrons. The third-order valence-electron chi connectivity index (χ3n) is 5.49. The van der Waals surface area contributed by atoms with Crippen LogP contribution in [0.3, 0.4) is 0 Å². The first kappa shape index (κ1) is 18.5. The number of esters is 1. The molecule has 0 amide bonds. The number of pyridine rings is 1. The smallest absolute Gasteiger partial charge is 0.320 e. The second-order valence-corrected chi connectivity index (χ2v) is 7.73. The largest absolute Gasteiger partial charge is 0.458 e. The van der Waals surface area contributed by atoms with E-state index in [2.05, 4.69) is 42.1 Å². The molecular weight excluding hydrogens is 352 g/mol. The summed E-state index contributed by atoms with van der Waals surface area (Å²) in [5.74, 6) is -0.161. The molecular formula is C22H26N4O2. The molecule has 1 aliphatic heterocycles. The molecule has 0 bridgehead atoms. The Morgan fingerprint density at radius 3 is 2.64 bits per heavy atom. The van der Waals surface area contributed by atoms with Crippen LogP contribution < -0.4 is 4.90 Å². The van der Waals surface area contributed by atoms with Gasteiger partial charge in [-0.05, 0) is 31.3 Å². The van der Waals surface area contributed by atoms with Gasteiger partial charge in [-0.15, -0.1) is 0 Å². The number of rotatable bonds is 4. The first-order valence-electron chi connectivity index (χ1n) is 9.55. The Morgan fingerprint density at radius 2 is 1.93 bits per heavy atom. The molecule has 0 fully saturated rings. The van der Waals surface area contributed by atoms with E-state index in [0.29, 0.717) is 0 Å². The van der Waals surface area contributed by atoms with Crippen LogP contribution in [0.4, 0.5) is 5.69 Å². The summed E-state index contributed by atoms with van der Waals surface area (Å²) in [7, 11) is 5.80. The Morgan fingerprint density at radius 1 is 1.18 bits per heavy atom. The van der Waals surface area contributed by atoms with Gasteiger partial charge in [0.25, 0.3) is 0 Å². The molecule has 3 heterocycles. The van der Waals surface area contributed by atoms with Gasteiger partial charge in [0.2, 0.25) is 0 Å². The SMILES string of the molecule is CC1c2ccn3ccnc3c2N(C)C(c2ccccc2)C1OC(=O)CN(C)C. The summed E-state index contributed by atoms with van der Waals surface area (Å²) in [6.45, 7) is 2.40. The summed E-state index contributed by atoms with van der Waals surface area (Å²) >= 11 is 0. The van der Waals surface area contributed by atoms with E-state index in [4.69, 9.17) is 4.74 Å². The Kier molecular flexibility index (Phi) is 4.81. The monoisotopic (exact) mass is 378 g/mol. The van der Waals surface area contributed by atoms with Gasteiger partial charge in [-0.2, -0.15) is 0 Å². The van der Waals surface area contributed by atoms with Crippen LogP contribution in [0.15, 0.2) is 55.0 Å². The van der Waals surface area contributed by atoms with Gasteiger partial charge in [0.1, 0.15) is 6.10 Å². The van der Waals surface area contributed by atoms with Crippen molar-refractivity contribution in [3.05, 3.63) is 66.1 Å². The molecule has 2 aromatic heterocycles. The zero-order valence-electron chi connectivity index (χ0n) is 16.7. The van der Waals surface area contributed by atoms with Crippen LogP contribution in [0.25, 0.3) is 5.65 Å². The van der Waals surface area contributed by atoms with Gasteiger partial charge in [-0.1, -0.05) is 37.3 Å². The van der Waals surface area contributed by atoms with Crippen molar-refractivity contribution in [2.24, 2.45) is 0 Å². The molecule has 4 rings (SSSR count). The maximum atomic E-state index is 12.5. The molecule has 3 atom stereocenters. The van der Waals surface area contributed by atoms with E-state index in [1.807, 2.05) is 60.2 Å². The third-order valence-corrected chi connectivity index (χ3v) is 5.49. The molecule has 0 N–H and O–H groups in total. The Hall–Kier alpha value is -2.86. The molecule has 1 aromatic carbocycles. The fraction of sp³-hybridized carbons (Fsp3) is 0.364. The lowest BCUT2D eigenvalue weighted by molar-refractivity contribution is -0.152. The van der Waals surface area contributed by atoms with Gasteiger partial charge in [0.05, 0.1) is 18.3 Å². The van der Waals surface area contributed by atoms with E-state index in [1.165, 1.54) is 0 Å². The predicted molar refractivity (Wildman–Crippen MR) is 110 cm³/mol. The highest BCUT2D eigenvalue weighted by atomic mass is 16.5. The highest BCUT2D eigenvalue weighted by Gasteiger charge is 2.42. The highest BCUT2D eigenvalue weighted by Crippen LogP contribution is 2.46. The van der Waals surface area contributed by atoms with Crippen molar-refractivity contribution in [2.75, 3.05) is 32.6 Å². The van der Waals surface area contributed by atoms with E-state index >= 15 is 0 Å². The van der Waals surface area contributed by atoms with Crippen LogP contribution in [0.1, 0.15) is 30.0 Å². The summed E-state index contributed by atoms with van der Waals surface area (Å²) in [4.78, 5) is 21.2. The Balaban J connectivity index is 1.82. The molecule has 6 nitrogen and oxygen atoms in total. The molecule has 0 radical (unpaired) electrons. The summed E-state index contributed by atoms with van der Waals surface area (Å²) in [5, 5.41) is 0. The zero-order valence-corrected chi connectivity index (χ0v) is 16.7. The molecule has 28 heavy (non-hydrogen) atoms. The Labute approximate surface area is 165 Å². The molecule has 3 unspecified atom stereocenters. The van der Waals surface area contributed by atoms with Gasteiger partial charge >= 0.3 is 5.97 Å². The normalized spacial score (nSPS) is 21.8. The summed E-state index contributed by atoms with van der Waals surface area (Å²) in [6.07, 6.45) is 5.50. The van der Waals surface area contributed by atoms with Crippen LogP contribution in [-0.4, -0.2) is 54.0 Å². The number of ether oxygens (including phenoxy) is 1. The van der Waals surface area contributed by atoms with Gasteiger partial charge in [0.15, 0.2) is 5.65 Å².